The molecule has 3 unspecified atom stereocenters. The Morgan fingerprint density at radius 2 is 1.87 bits per heavy atom. The van der Waals surface area contributed by atoms with Crippen LogP contribution in [0.4, 0.5) is 0 Å². The van der Waals surface area contributed by atoms with Gasteiger partial charge in [0.15, 0.2) is 5.79 Å². The summed E-state index contributed by atoms with van der Waals surface area (Å²) in [6.07, 6.45) is 10.4. The fraction of sp³-hybridized carbons (Fsp3) is 1.00. The highest BCUT2D eigenvalue weighted by atomic mass is 16.7. The minimum Gasteiger partial charge on any atom is -0.347 e. The van der Waals surface area contributed by atoms with Crippen molar-refractivity contribution in [1.29, 1.82) is 0 Å². The summed E-state index contributed by atoms with van der Waals surface area (Å²) in [5.74, 6) is -0.213. The van der Waals surface area contributed by atoms with Crippen LogP contribution in [0.3, 0.4) is 0 Å². The van der Waals surface area contributed by atoms with Crippen LogP contribution in [0.2, 0.25) is 0 Å². The van der Waals surface area contributed by atoms with E-state index >= 15 is 0 Å². The smallest absolute Gasteiger partial charge is 0.169 e. The van der Waals surface area contributed by atoms with E-state index in [9.17, 15) is 0 Å². The van der Waals surface area contributed by atoms with Crippen molar-refractivity contribution in [3.63, 3.8) is 0 Å². The molecule has 88 valence electrons. The van der Waals surface area contributed by atoms with Crippen molar-refractivity contribution in [3.8, 4) is 0 Å². The molecule has 0 aromatic carbocycles. The zero-order valence-corrected chi connectivity index (χ0v) is 10.1. The van der Waals surface area contributed by atoms with E-state index in [1.807, 2.05) is 0 Å². The number of hydrogen-bond acceptors (Lipinski definition) is 2. The first-order valence-corrected chi connectivity index (χ1v) is 6.60. The molecule has 0 aromatic heterocycles. The minimum atomic E-state index is -0.213. The van der Waals surface area contributed by atoms with E-state index < -0.39 is 0 Å². The van der Waals surface area contributed by atoms with Gasteiger partial charge in [-0.2, -0.15) is 0 Å². The van der Waals surface area contributed by atoms with Crippen LogP contribution in [0.5, 0.6) is 0 Å². The first-order valence-electron chi connectivity index (χ1n) is 6.60. The standard InChI is InChI=1S/C13H24O2/c1-3-12-8-4-5-9-13(15-12)10-6-7-11(2)14-13/h11-12H,3-10H2,1-2H3. The van der Waals surface area contributed by atoms with E-state index in [1.165, 1.54) is 32.1 Å². The molecule has 2 heterocycles. The maximum absolute atomic E-state index is 6.24. The molecule has 2 fully saturated rings. The van der Waals surface area contributed by atoms with Crippen LogP contribution < -0.4 is 0 Å². The van der Waals surface area contributed by atoms with E-state index in [4.69, 9.17) is 9.47 Å². The molecule has 0 bridgehead atoms. The van der Waals surface area contributed by atoms with Crippen LogP contribution in [-0.2, 0) is 9.47 Å². The molecule has 0 aliphatic carbocycles. The van der Waals surface area contributed by atoms with Gasteiger partial charge in [0.1, 0.15) is 0 Å². The maximum Gasteiger partial charge on any atom is 0.169 e. The van der Waals surface area contributed by atoms with Gasteiger partial charge < -0.3 is 9.47 Å². The summed E-state index contributed by atoms with van der Waals surface area (Å²) in [7, 11) is 0. The lowest BCUT2D eigenvalue weighted by atomic mass is 9.97. The predicted molar refractivity (Wildman–Crippen MR) is 60.8 cm³/mol. The lowest BCUT2D eigenvalue weighted by Crippen LogP contribution is -2.43. The Hall–Kier alpha value is -0.0800. The molecule has 3 atom stereocenters. The van der Waals surface area contributed by atoms with Gasteiger partial charge in [-0.15, -0.1) is 0 Å². The van der Waals surface area contributed by atoms with Gasteiger partial charge in [-0.1, -0.05) is 13.3 Å². The second-order valence-corrected chi connectivity index (χ2v) is 5.13. The molecular formula is C13H24O2. The summed E-state index contributed by atoms with van der Waals surface area (Å²) in [5, 5.41) is 0. The Bertz CT molecular complexity index is 205. The van der Waals surface area contributed by atoms with Crippen molar-refractivity contribution in [1.82, 2.24) is 0 Å². The van der Waals surface area contributed by atoms with Gasteiger partial charge in [0, 0.05) is 12.8 Å². The fourth-order valence-electron chi connectivity index (χ4n) is 2.89. The van der Waals surface area contributed by atoms with Crippen molar-refractivity contribution in [2.75, 3.05) is 0 Å². The number of hydrogen-bond donors (Lipinski definition) is 0. The van der Waals surface area contributed by atoms with Crippen LogP contribution in [-0.4, -0.2) is 18.0 Å². The fourth-order valence-corrected chi connectivity index (χ4v) is 2.89. The van der Waals surface area contributed by atoms with Crippen molar-refractivity contribution in [2.24, 2.45) is 0 Å². The molecule has 0 aromatic rings. The van der Waals surface area contributed by atoms with E-state index in [0.717, 1.165) is 19.3 Å². The van der Waals surface area contributed by atoms with E-state index in [-0.39, 0.29) is 5.79 Å². The highest BCUT2D eigenvalue weighted by Crippen LogP contribution is 2.38. The largest absolute Gasteiger partial charge is 0.347 e. The molecule has 15 heavy (non-hydrogen) atoms. The molecule has 0 amide bonds. The Labute approximate surface area is 93.3 Å². The second kappa shape index (κ2) is 4.84. The second-order valence-electron chi connectivity index (χ2n) is 5.13. The van der Waals surface area contributed by atoms with Gasteiger partial charge in [0.2, 0.25) is 0 Å². The van der Waals surface area contributed by atoms with Gasteiger partial charge in [-0.3, -0.25) is 0 Å². The van der Waals surface area contributed by atoms with Crippen LogP contribution >= 0.6 is 0 Å². The molecule has 2 saturated heterocycles. The average Bonchev–Trinajstić information content (AvgIpc) is 2.41. The van der Waals surface area contributed by atoms with Crippen LogP contribution in [0.1, 0.15) is 65.2 Å². The summed E-state index contributed by atoms with van der Waals surface area (Å²) >= 11 is 0. The molecule has 0 radical (unpaired) electrons. The topological polar surface area (TPSA) is 18.5 Å². The zero-order valence-electron chi connectivity index (χ0n) is 10.1. The molecule has 2 nitrogen and oxygen atoms in total. The predicted octanol–water partition coefficient (Wildman–Crippen LogP) is 3.64. The van der Waals surface area contributed by atoms with Gasteiger partial charge in [-0.05, 0) is 39.0 Å². The zero-order chi connectivity index (χ0) is 10.7. The van der Waals surface area contributed by atoms with Gasteiger partial charge >= 0.3 is 0 Å². The van der Waals surface area contributed by atoms with Crippen LogP contribution in [0.15, 0.2) is 0 Å². The van der Waals surface area contributed by atoms with Crippen LogP contribution in [0, 0.1) is 0 Å². The highest BCUT2D eigenvalue weighted by molar-refractivity contribution is 4.81. The van der Waals surface area contributed by atoms with Crippen molar-refractivity contribution >= 4 is 0 Å². The molecule has 0 saturated carbocycles. The number of ether oxygens (including phenoxy) is 2. The maximum atomic E-state index is 6.24. The highest BCUT2D eigenvalue weighted by Gasteiger charge is 2.39. The molecule has 2 rings (SSSR count). The quantitative estimate of drug-likeness (QED) is 0.660. The Morgan fingerprint density at radius 1 is 1.07 bits per heavy atom. The molecule has 2 aliphatic rings. The monoisotopic (exact) mass is 212 g/mol. The molecule has 2 heteroatoms. The molecule has 0 N–H and O–H groups in total. The lowest BCUT2D eigenvalue weighted by Gasteiger charge is -2.41. The third-order valence-corrected chi connectivity index (χ3v) is 3.75. The average molecular weight is 212 g/mol. The first kappa shape index (κ1) is 11.4. The SMILES string of the molecule is CCC1CCCCC2(CCCC(C)O2)O1. The first-order chi connectivity index (χ1) is 7.24. The summed E-state index contributed by atoms with van der Waals surface area (Å²) < 4.78 is 12.3. The van der Waals surface area contributed by atoms with E-state index in [0.29, 0.717) is 12.2 Å². The third-order valence-electron chi connectivity index (χ3n) is 3.75. The van der Waals surface area contributed by atoms with Crippen molar-refractivity contribution < 1.29 is 9.47 Å². The Morgan fingerprint density at radius 3 is 2.60 bits per heavy atom. The minimum absolute atomic E-state index is 0.213. The van der Waals surface area contributed by atoms with E-state index in [2.05, 4.69) is 13.8 Å². The molecule has 2 aliphatic heterocycles. The van der Waals surface area contributed by atoms with Crippen LogP contribution in [0.25, 0.3) is 0 Å². The van der Waals surface area contributed by atoms with Gasteiger partial charge in [0.25, 0.3) is 0 Å². The Kier molecular flexibility index (Phi) is 3.68. The molecular weight excluding hydrogens is 188 g/mol. The van der Waals surface area contributed by atoms with E-state index in [1.54, 1.807) is 0 Å². The normalized spacial score (nSPS) is 42.8. The van der Waals surface area contributed by atoms with Crippen molar-refractivity contribution in [3.05, 3.63) is 0 Å². The van der Waals surface area contributed by atoms with Gasteiger partial charge in [0.05, 0.1) is 12.2 Å². The van der Waals surface area contributed by atoms with Gasteiger partial charge in [-0.25, -0.2) is 0 Å². The number of rotatable bonds is 1. The summed E-state index contributed by atoms with van der Waals surface area (Å²) in [5.41, 5.74) is 0. The summed E-state index contributed by atoms with van der Waals surface area (Å²) in [6, 6.07) is 0. The third kappa shape index (κ3) is 2.73. The Balaban J connectivity index is 2.03. The summed E-state index contributed by atoms with van der Waals surface area (Å²) in [6.45, 7) is 4.39. The lowest BCUT2D eigenvalue weighted by molar-refractivity contribution is -0.293. The van der Waals surface area contributed by atoms with Crippen molar-refractivity contribution in [2.45, 2.75) is 83.2 Å². The summed E-state index contributed by atoms with van der Waals surface area (Å²) in [4.78, 5) is 0. The molecule has 1 spiro atoms.